The van der Waals surface area contributed by atoms with E-state index in [1.165, 1.54) is 23.4 Å². The molecule has 154 valence electrons. The van der Waals surface area contributed by atoms with Crippen LogP contribution in [0, 0.1) is 0 Å². The highest BCUT2D eigenvalue weighted by atomic mass is 32.2. The first kappa shape index (κ1) is 20.6. The smallest absolute Gasteiger partial charge is 0.352 e. The lowest BCUT2D eigenvalue weighted by molar-refractivity contribution is -0.186. The van der Waals surface area contributed by atoms with Gasteiger partial charge in [-0.15, -0.1) is 0 Å². The van der Waals surface area contributed by atoms with E-state index in [1.807, 2.05) is 0 Å². The number of hydrogen-bond acceptors (Lipinski definition) is 4. The molecule has 1 aromatic carbocycles. The van der Waals surface area contributed by atoms with Gasteiger partial charge in [-0.1, -0.05) is 6.07 Å². The Balaban J connectivity index is 1.80. The molecule has 0 aliphatic carbocycles. The quantitative estimate of drug-likeness (QED) is 0.793. The molecule has 1 N–H and O–H groups in total. The third-order valence-electron chi connectivity index (χ3n) is 4.92. The molecule has 0 radical (unpaired) electrons. The van der Waals surface area contributed by atoms with Crippen molar-refractivity contribution in [2.45, 2.75) is 43.4 Å². The van der Waals surface area contributed by atoms with Crippen LogP contribution in [0.4, 0.5) is 13.2 Å². The lowest BCUT2D eigenvalue weighted by atomic mass is 10.00. The highest BCUT2D eigenvalue weighted by Gasteiger charge is 2.43. The highest BCUT2D eigenvalue weighted by molar-refractivity contribution is 7.89. The molecule has 0 spiro atoms. The lowest BCUT2D eigenvalue weighted by Gasteiger charge is -2.30. The number of halogens is 3. The molecule has 28 heavy (non-hydrogen) atoms. The van der Waals surface area contributed by atoms with Gasteiger partial charge in [-0.05, 0) is 36.1 Å². The topological polar surface area (TPSA) is 86.8 Å². The summed E-state index contributed by atoms with van der Waals surface area (Å²) in [6, 6.07) is 4.08. The molecule has 1 fully saturated rings. The molecule has 1 atom stereocenters. The number of hydrogen-bond donors (Lipinski definition) is 1. The zero-order valence-electron chi connectivity index (χ0n) is 15.1. The molecule has 1 unspecified atom stereocenters. The van der Waals surface area contributed by atoms with E-state index < -0.39 is 22.1 Å². The van der Waals surface area contributed by atoms with Crippen LogP contribution >= 0.6 is 0 Å². The number of fused-ring (bicyclic) bond motifs is 1. The maximum Gasteiger partial charge on any atom is 0.471 e. The van der Waals surface area contributed by atoms with Crippen LogP contribution in [0.5, 0.6) is 0 Å². The number of alkyl halides is 3. The number of amides is 2. The summed E-state index contributed by atoms with van der Waals surface area (Å²) in [5.74, 6) is -2.17. The third kappa shape index (κ3) is 4.14. The highest BCUT2D eigenvalue weighted by Crippen LogP contribution is 2.28. The van der Waals surface area contributed by atoms with Crippen molar-refractivity contribution < 1.29 is 31.2 Å². The molecule has 0 aromatic heterocycles. The fraction of sp³-hybridized carbons (Fsp3) is 0.529. The molecule has 3 rings (SSSR count). The van der Waals surface area contributed by atoms with Crippen molar-refractivity contribution in [1.29, 1.82) is 0 Å². The maximum absolute atomic E-state index is 12.9. The van der Waals surface area contributed by atoms with Gasteiger partial charge in [-0.2, -0.15) is 17.5 Å². The van der Waals surface area contributed by atoms with Crippen LogP contribution in [0.1, 0.15) is 24.5 Å². The van der Waals surface area contributed by atoms with Crippen molar-refractivity contribution >= 4 is 21.8 Å². The normalized spacial score (nSPS) is 20.7. The van der Waals surface area contributed by atoms with Crippen molar-refractivity contribution in [1.82, 2.24) is 14.5 Å². The first-order valence-electron chi connectivity index (χ1n) is 8.73. The van der Waals surface area contributed by atoms with Crippen LogP contribution in [0.3, 0.4) is 0 Å². The molecule has 0 bridgehead atoms. The van der Waals surface area contributed by atoms with Crippen molar-refractivity contribution in [3.05, 3.63) is 29.3 Å². The average molecular weight is 419 g/mol. The number of rotatable bonds is 3. The van der Waals surface area contributed by atoms with E-state index in [2.05, 4.69) is 5.32 Å². The first-order valence-corrected chi connectivity index (χ1v) is 10.2. The first-order chi connectivity index (χ1) is 13.0. The lowest BCUT2D eigenvalue weighted by Crippen LogP contribution is -2.43. The summed E-state index contributed by atoms with van der Waals surface area (Å²) < 4.78 is 65.1. The Morgan fingerprint density at radius 3 is 2.54 bits per heavy atom. The zero-order valence-corrected chi connectivity index (χ0v) is 15.9. The van der Waals surface area contributed by atoms with Crippen LogP contribution in [0.25, 0.3) is 0 Å². The van der Waals surface area contributed by atoms with E-state index in [0.29, 0.717) is 16.9 Å². The summed E-state index contributed by atoms with van der Waals surface area (Å²) in [4.78, 5) is 23.3. The van der Waals surface area contributed by atoms with Crippen LogP contribution < -0.4 is 5.32 Å². The fourth-order valence-corrected chi connectivity index (χ4v) is 5.10. The summed E-state index contributed by atoms with van der Waals surface area (Å²) in [5, 5.41) is 2.68. The molecule has 11 heteroatoms. The molecule has 2 aliphatic rings. The number of nitrogens with zero attached hydrogens (tertiary/aromatic N) is 2. The zero-order chi connectivity index (χ0) is 20.7. The van der Waals surface area contributed by atoms with E-state index >= 15 is 0 Å². The second-order valence-corrected chi connectivity index (χ2v) is 8.89. The molecule has 1 aromatic rings. The van der Waals surface area contributed by atoms with Crippen molar-refractivity contribution in [2.24, 2.45) is 0 Å². The van der Waals surface area contributed by atoms with Crippen LogP contribution in [-0.4, -0.2) is 61.3 Å². The number of benzene rings is 1. The predicted octanol–water partition coefficient (Wildman–Crippen LogP) is 1.03. The van der Waals surface area contributed by atoms with Crippen LogP contribution in [0.15, 0.2) is 23.1 Å². The third-order valence-corrected chi connectivity index (χ3v) is 6.78. The van der Waals surface area contributed by atoms with Gasteiger partial charge < -0.3 is 10.2 Å². The SMILES string of the molecule is CC(=O)NC1CCN(S(=O)(=O)c2ccc3c(c2)CN(C(=O)C(F)(F)F)CC3)C1. The van der Waals surface area contributed by atoms with Crippen molar-refractivity contribution in [2.75, 3.05) is 19.6 Å². The number of sulfonamides is 1. The summed E-state index contributed by atoms with van der Waals surface area (Å²) in [6.45, 7) is 1.38. The summed E-state index contributed by atoms with van der Waals surface area (Å²) >= 11 is 0. The molecular formula is C17H20F3N3O4S. The maximum atomic E-state index is 12.9. The minimum absolute atomic E-state index is 0.0315. The summed E-state index contributed by atoms with van der Waals surface area (Å²) in [7, 11) is -3.85. The van der Waals surface area contributed by atoms with Gasteiger partial charge in [0.1, 0.15) is 0 Å². The molecule has 7 nitrogen and oxygen atoms in total. The van der Waals surface area contributed by atoms with Gasteiger partial charge in [-0.3, -0.25) is 9.59 Å². The van der Waals surface area contributed by atoms with Gasteiger partial charge >= 0.3 is 12.1 Å². The Hall–Kier alpha value is -2.14. The number of nitrogens with one attached hydrogen (secondary N) is 1. The standard InChI is InChI=1S/C17H20F3N3O4S/c1-11(24)21-14-5-7-23(10-14)28(26,27)15-3-2-12-4-6-22(9-13(12)8-15)16(25)17(18,19)20/h2-3,8,14H,4-7,9-10H2,1H3,(H,21,24). The monoisotopic (exact) mass is 419 g/mol. The predicted molar refractivity (Wildman–Crippen MR) is 92.6 cm³/mol. The minimum Gasteiger partial charge on any atom is -0.352 e. The Labute approximate surface area is 160 Å². The molecule has 0 saturated carbocycles. The molecule has 1 saturated heterocycles. The van der Waals surface area contributed by atoms with Gasteiger partial charge in [0.25, 0.3) is 0 Å². The summed E-state index contributed by atoms with van der Waals surface area (Å²) in [6.07, 6.45) is -4.25. The van der Waals surface area contributed by atoms with Crippen LogP contribution in [-0.2, 0) is 32.6 Å². The molecular weight excluding hydrogens is 399 g/mol. The van der Waals surface area contributed by atoms with E-state index in [1.54, 1.807) is 6.07 Å². The average Bonchev–Trinajstić information content (AvgIpc) is 3.07. The second kappa shape index (κ2) is 7.36. The fourth-order valence-electron chi connectivity index (χ4n) is 3.55. The van der Waals surface area contributed by atoms with E-state index in [4.69, 9.17) is 0 Å². The Kier molecular flexibility index (Phi) is 5.41. The minimum atomic E-state index is -4.96. The molecule has 2 heterocycles. The van der Waals surface area contributed by atoms with Crippen molar-refractivity contribution in [3.8, 4) is 0 Å². The van der Waals surface area contributed by atoms with Gasteiger partial charge in [0, 0.05) is 39.1 Å². The Morgan fingerprint density at radius 1 is 1.18 bits per heavy atom. The van der Waals surface area contributed by atoms with Crippen molar-refractivity contribution in [3.63, 3.8) is 0 Å². The Bertz CT molecular complexity index is 901. The summed E-state index contributed by atoms with van der Waals surface area (Å²) in [5.41, 5.74) is 1.12. The Morgan fingerprint density at radius 2 is 1.89 bits per heavy atom. The number of carbonyl (C=O) groups excluding carboxylic acids is 2. The van der Waals surface area contributed by atoms with Gasteiger partial charge in [0.05, 0.1) is 4.90 Å². The molecule has 2 aliphatic heterocycles. The largest absolute Gasteiger partial charge is 0.471 e. The van der Waals surface area contributed by atoms with E-state index in [-0.39, 0.29) is 49.4 Å². The van der Waals surface area contributed by atoms with Crippen LogP contribution in [0.2, 0.25) is 0 Å². The van der Waals surface area contributed by atoms with Gasteiger partial charge in [-0.25, -0.2) is 8.42 Å². The van der Waals surface area contributed by atoms with Gasteiger partial charge in [0.15, 0.2) is 0 Å². The van der Waals surface area contributed by atoms with E-state index in [0.717, 1.165) is 5.56 Å². The second-order valence-electron chi connectivity index (χ2n) is 6.95. The van der Waals surface area contributed by atoms with E-state index in [9.17, 15) is 31.2 Å². The number of carbonyl (C=O) groups is 2. The van der Waals surface area contributed by atoms with Gasteiger partial charge in [0.2, 0.25) is 15.9 Å². The molecule has 2 amide bonds.